The van der Waals surface area contributed by atoms with Crippen molar-refractivity contribution in [1.82, 2.24) is 34.9 Å². The molecule has 0 aliphatic rings. The summed E-state index contributed by atoms with van der Waals surface area (Å²) in [7, 11) is 0. The summed E-state index contributed by atoms with van der Waals surface area (Å²) in [5, 5.41) is 13.4. The van der Waals surface area contributed by atoms with Gasteiger partial charge in [-0.1, -0.05) is 12.1 Å². The van der Waals surface area contributed by atoms with Gasteiger partial charge >= 0.3 is 0 Å². The molecule has 7 nitrogen and oxygen atoms in total. The van der Waals surface area contributed by atoms with Crippen LogP contribution in [0, 0.1) is 0 Å². The summed E-state index contributed by atoms with van der Waals surface area (Å²) >= 11 is 1.59. The van der Waals surface area contributed by atoms with E-state index in [9.17, 15) is 0 Å². The van der Waals surface area contributed by atoms with Crippen LogP contribution in [0.2, 0.25) is 0 Å². The van der Waals surface area contributed by atoms with Gasteiger partial charge in [0.25, 0.3) is 0 Å². The van der Waals surface area contributed by atoms with Crippen molar-refractivity contribution < 1.29 is 0 Å². The fraction of sp³-hybridized carbons (Fsp3) is 0. The summed E-state index contributed by atoms with van der Waals surface area (Å²) in [6.07, 6.45) is 5.35. The van der Waals surface area contributed by atoms with Crippen LogP contribution in [0.15, 0.2) is 61.1 Å². The number of aromatic amines is 1. The number of thiazole rings is 1. The third kappa shape index (κ3) is 2.24. The van der Waals surface area contributed by atoms with Gasteiger partial charge in [-0.3, -0.25) is 5.10 Å². The first-order valence-corrected chi connectivity index (χ1v) is 9.17. The van der Waals surface area contributed by atoms with Crippen molar-refractivity contribution in [2.24, 2.45) is 0 Å². The molecule has 4 aromatic heterocycles. The van der Waals surface area contributed by atoms with E-state index in [0.29, 0.717) is 5.82 Å². The molecule has 1 N–H and O–H groups in total. The van der Waals surface area contributed by atoms with Crippen molar-refractivity contribution in [1.29, 1.82) is 0 Å². The average molecular weight is 369 g/mol. The molecule has 0 fully saturated rings. The van der Waals surface area contributed by atoms with Gasteiger partial charge in [0, 0.05) is 5.39 Å². The van der Waals surface area contributed by atoms with Gasteiger partial charge in [-0.2, -0.15) is 10.2 Å². The number of nitrogens with one attached hydrogen (secondary N) is 1. The van der Waals surface area contributed by atoms with E-state index in [4.69, 9.17) is 0 Å². The summed E-state index contributed by atoms with van der Waals surface area (Å²) < 4.78 is 2.96. The number of hydrogen-bond donors (Lipinski definition) is 1. The molecule has 0 spiro atoms. The van der Waals surface area contributed by atoms with Crippen molar-refractivity contribution in [3.05, 3.63) is 61.1 Å². The van der Waals surface area contributed by atoms with Gasteiger partial charge < -0.3 is 0 Å². The van der Waals surface area contributed by atoms with Crippen molar-refractivity contribution in [3.8, 4) is 16.5 Å². The first-order valence-electron chi connectivity index (χ1n) is 8.35. The fourth-order valence-corrected chi connectivity index (χ4v) is 4.06. The van der Waals surface area contributed by atoms with Crippen LogP contribution in [0.5, 0.6) is 0 Å². The number of hydrogen-bond acceptors (Lipinski definition) is 6. The first kappa shape index (κ1) is 14.5. The maximum atomic E-state index is 4.67. The minimum atomic E-state index is 0.618. The zero-order valence-corrected chi connectivity index (χ0v) is 14.7. The Bertz CT molecular complexity index is 1410. The standard InChI is InChI=1S/C19H11N7S/c1-2-4-17-13(3-1)24-19(27-17)18-20-10-16-15(23-18)9-22-26(16)12-6-5-11-8-21-25-14(11)7-12/h1-10H,(H,21,25). The van der Waals surface area contributed by atoms with Gasteiger partial charge in [-0.25, -0.2) is 19.6 Å². The van der Waals surface area contributed by atoms with Crippen LogP contribution in [0.4, 0.5) is 0 Å². The highest BCUT2D eigenvalue weighted by Gasteiger charge is 2.13. The lowest BCUT2D eigenvalue weighted by Gasteiger charge is -2.03. The first-order chi connectivity index (χ1) is 13.3. The molecule has 6 aromatic rings. The number of rotatable bonds is 2. The topological polar surface area (TPSA) is 85.2 Å². The second-order valence-corrected chi connectivity index (χ2v) is 7.18. The Labute approximate surface area is 156 Å². The van der Waals surface area contributed by atoms with Gasteiger partial charge in [-0.05, 0) is 30.3 Å². The number of aromatic nitrogens is 7. The van der Waals surface area contributed by atoms with Crippen LogP contribution in [-0.2, 0) is 0 Å². The lowest BCUT2D eigenvalue weighted by Crippen LogP contribution is -1.97. The molecule has 0 atom stereocenters. The number of nitrogens with zero attached hydrogens (tertiary/aromatic N) is 6. The Morgan fingerprint density at radius 2 is 1.89 bits per heavy atom. The molecule has 0 saturated heterocycles. The van der Waals surface area contributed by atoms with Crippen LogP contribution in [0.25, 0.3) is 48.7 Å². The van der Waals surface area contributed by atoms with E-state index in [0.717, 1.165) is 42.8 Å². The molecule has 8 heteroatoms. The molecule has 0 bridgehead atoms. The van der Waals surface area contributed by atoms with E-state index in [1.54, 1.807) is 29.9 Å². The summed E-state index contributed by atoms with van der Waals surface area (Å²) in [6.45, 7) is 0. The molecule has 0 aliphatic carbocycles. The Morgan fingerprint density at radius 3 is 2.85 bits per heavy atom. The molecule has 2 aromatic carbocycles. The molecule has 0 amide bonds. The smallest absolute Gasteiger partial charge is 0.189 e. The molecule has 27 heavy (non-hydrogen) atoms. The van der Waals surface area contributed by atoms with Gasteiger partial charge in [0.2, 0.25) is 0 Å². The van der Waals surface area contributed by atoms with E-state index in [1.807, 2.05) is 41.1 Å². The summed E-state index contributed by atoms with van der Waals surface area (Å²) in [5.74, 6) is 0.618. The monoisotopic (exact) mass is 369 g/mol. The largest absolute Gasteiger partial charge is 0.278 e. The molecule has 6 rings (SSSR count). The highest BCUT2D eigenvalue weighted by molar-refractivity contribution is 7.21. The SMILES string of the molecule is c1ccc2sc(-c3ncc4c(cnn4-c4ccc5cn[nH]c5c4)n3)nc2c1. The Kier molecular flexibility index (Phi) is 2.91. The van der Waals surface area contributed by atoms with Crippen molar-refractivity contribution in [2.75, 3.05) is 0 Å². The van der Waals surface area contributed by atoms with E-state index in [1.165, 1.54) is 0 Å². The lowest BCUT2D eigenvalue weighted by molar-refractivity contribution is 0.909. The minimum absolute atomic E-state index is 0.618. The van der Waals surface area contributed by atoms with Crippen LogP contribution in [0.1, 0.15) is 0 Å². The molecule has 0 radical (unpaired) electrons. The zero-order valence-electron chi connectivity index (χ0n) is 13.9. The highest BCUT2D eigenvalue weighted by atomic mass is 32.1. The molecule has 128 valence electrons. The maximum Gasteiger partial charge on any atom is 0.189 e. The van der Waals surface area contributed by atoms with Crippen LogP contribution >= 0.6 is 11.3 Å². The fourth-order valence-electron chi connectivity index (χ4n) is 3.15. The van der Waals surface area contributed by atoms with Gasteiger partial charge in [0.15, 0.2) is 10.8 Å². The minimum Gasteiger partial charge on any atom is -0.278 e. The summed E-state index contributed by atoms with van der Waals surface area (Å²) in [4.78, 5) is 13.8. The molecule has 4 heterocycles. The molecular weight excluding hydrogens is 358 g/mol. The normalized spacial score (nSPS) is 11.7. The van der Waals surface area contributed by atoms with E-state index in [2.05, 4.69) is 36.3 Å². The van der Waals surface area contributed by atoms with Gasteiger partial charge in [0.1, 0.15) is 11.0 Å². The van der Waals surface area contributed by atoms with Crippen molar-refractivity contribution in [2.45, 2.75) is 0 Å². The number of para-hydroxylation sites is 1. The Morgan fingerprint density at radius 1 is 0.926 bits per heavy atom. The van der Waals surface area contributed by atoms with Gasteiger partial charge in [0.05, 0.1) is 40.0 Å². The molecule has 0 aliphatic heterocycles. The van der Waals surface area contributed by atoms with Crippen LogP contribution in [-0.4, -0.2) is 34.9 Å². The van der Waals surface area contributed by atoms with E-state index >= 15 is 0 Å². The zero-order chi connectivity index (χ0) is 17.8. The van der Waals surface area contributed by atoms with Crippen LogP contribution < -0.4 is 0 Å². The molecule has 0 saturated carbocycles. The van der Waals surface area contributed by atoms with Crippen LogP contribution in [0.3, 0.4) is 0 Å². The van der Waals surface area contributed by atoms with E-state index < -0.39 is 0 Å². The predicted octanol–water partition coefficient (Wildman–Crippen LogP) is 3.97. The number of fused-ring (bicyclic) bond motifs is 3. The second-order valence-electron chi connectivity index (χ2n) is 6.15. The van der Waals surface area contributed by atoms with Crippen molar-refractivity contribution in [3.63, 3.8) is 0 Å². The second kappa shape index (κ2) is 5.42. The molecule has 0 unspecified atom stereocenters. The predicted molar refractivity (Wildman–Crippen MR) is 105 cm³/mol. The number of H-pyrrole nitrogens is 1. The quantitative estimate of drug-likeness (QED) is 0.499. The highest BCUT2D eigenvalue weighted by Crippen LogP contribution is 2.29. The third-order valence-corrected chi connectivity index (χ3v) is 5.51. The summed E-state index contributed by atoms with van der Waals surface area (Å²) in [6, 6.07) is 14.1. The maximum absolute atomic E-state index is 4.67. The van der Waals surface area contributed by atoms with Crippen molar-refractivity contribution >= 4 is 43.5 Å². The summed E-state index contributed by atoms with van der Waals surface area (Å²) in [5.41, 5.74) is 4.48. The third-order valence-electron chi connectivity index (χ3n) is 4.48. The number of benzene rings is 2. The lowest BCUT2D eigenvalue weighted by atomic mass is 10.2. The van der Waals surface area contributed by atoms with E-state index in [-0.39, 0.29) is 0 Å². The Balaban J connectivity index is 1.48. The molecular formula is C19H11N7S. The Hall–Kier alpha value is -3.65. The van der Waals surface area contributed by atoms with Gasteiger partial charge in [-0.15, -0.1) is 11.3 Å². The average Bonchev–Trinajstić information content (AvgIpc) is 3.43.